The summed E-state index contributed by atoms with van der Waals surface area (Å²) in [6.45, 7) is 0. The first-order chi connectivity index (χ1) is 8.56. The molecule has 0 aromatic heterocycles. The Morgan fingerprint density at radius 1 is 1.39 bits per heavy atom. The van der Waals surface area contributed by atoms with Crippen LogP contribution in [0.4, 0.5) is 5.69 Å². The number of amides is 1. The summed E-state index contributed by atoms with van der Waals surface area (Å²) < 4.78 is 0. The van der Waals surface area contributed by atoms with Gasteiger partial charge in [0.2, 0.25) is 5.91 Å². The van der Waals surface area contributed by atoms with Gasteiger partial charge >= 0.3 is 5.97 Å². The van der Waals surface area contributed by atoms with Crippen LogP contribution in [0.15, 0.2) is 18.2 Å². The predicted octanol–water partition coefficient (Wildman–Crippen LogP) is 2.73. The maximum absolute atomic E-state index is 11.9. The lowest BCUT2D eigenvalue weighted by atomic mass is 10.1. The Balaban J connectivity index is 2.13. The van der Waals surface area contributed by atoms with Gasteiger partial charge in [-0.05, 0) is 30.4 Å². The number of carbonyl (C=O) groups excluding carboxylic acids is 1. The van der Waals surface area contributed by atoms with Crippen LogP contribution in [0.2, 0.25) is 5.02 Å². The molecule has 96 valence electrons. The highest BCUT2D eigenvalue weighted by atomic mass is 35.5. The third-order valence-electron chi connectivity index (χ3n) is 2.71. The molecule has 1 fully saturated rings. The van der Waals surface area contributed by atoms with E-state index in [1.54, 1.807) is 17.8 Å². The molecule has 0 spiro atoms. The van der Waals surface area contributed by atoms with E-state index in [1.165, 1.54) is 12.1 Å². The van der Waals surface area contributed by atoms with E-state index in [1.807, 2.05) is 0 Å². The van der Waals surface area contributed by atoms with Gasteiger partial charge in [0.25, 0.3) is 0 Å². The van der Waals surface area contributed by atoms with Crippen LogP contribution in [0.5, 0.6) is 0 Å². The molecule has 1 aliphatic rings. The zero-order valence-electron chi connectivity index (χ0n) is 9.48. The molecular formula is C12H12ClNO3S. The van der Waals surface area contributed by atoms with E-state index in [2.05, 4.69) is 5.32 Å². The quantitative estimate of drug-likeness (QED) is 0.896. The van der Waals surface area contributed by atoms with Crippen molar-refractivity contribution in [2.24, 2.45) is 5.92 Å². The largest absolute Gasteiger partial charge is 0.478 e. The van der Waals surface area contributed by atoms with Gasteiger partial charge in [-0.1, -0.05) is 11.6 Å². The van der Waals surface area contributed by atoms with E-state index in [-0.39, 0.29) is 17.4 Å². The van der Waals surface area contributed by atoms with Gasteiger partial charge in [-0.3, -0.25) is 4.79 Å². The van der Waals surface area contributed by atoms with E-state index in [4.69, 9.17) is 16.7 Å². The lowest BCUT2D eigenvalue weighted by Crippen LogP contribution is -2.22. The Labute approximate surface area is 114 Å². The van der Waals surface area contributed by atoms with Gasteiger partial charge in [-0.25, -0.2) is 4.79 Å². The highest BCUT2D eigenvalue weighted by Gasteiger charge is 2.23. The Morgan fingerprint density at radius 2 is 2.17 bits per heavy atom. The number of carbonyl (C=O) groups is 2. The van der Waals surface area contributed by atoms with Crippen LogP contribution in [-0.2, 0) is 4.79 Å². The number of nitrogens with one attached hydrogen (secondary N) is 1. The summed E-state index contributed by atoms with van der Waals surface area (Å²) in [5.41, 5.74) is 0.500. The van der Waals surface area contributed by atoms with E-state index in [9.17, 15) is 9.59 Å². The molecule has 4 nitrogen and oxygen atoms in total. The molecule has 18 heavy (non-hydrogen) atoms. The molecule has 6 heteroatoms. The van der Waals surface area contributed by atoms with Crippen molar-refractivity contribution in [2.75, 3.05) is 16.8 Å². The molecule has 0 radical (unpaired) electrons. The van der Waals surface area contributed by atoms with Crippen LogP contribution in [-0.4, -0.2) is 28.5 Å². The highest BCUT2D eigenvalue weighted by Crippen LogP contribution is 2.25. The second-order valence-corrected chi connectivity index (χ2v) is 5.67. The van der Waals surface area contributed by atoms with Crippen LogP contribution in [0.1, 0.15) is 16.8 Å². The van der Waals surface area contributed by atoms with E-state index >= 15 is 0 Å². The van der Waals surface area contributed by atoms with Crippen molar-refractivity contribution in [3.63, 3.8) is 0 Å². The first-order valence-corrected chi connectivity index (χ1v) is 7.02. The fraction of sp³-hybridized carbons (Fsp3) is 0.333. The van der Waals surface area contributed by atoms with Crippen molar-refractivity contribution < 1.29 is 14.7 Å². The minimum absolute atomic E-state index is 0.00209. The van der Waals surface area contributed by atoms with Gasteiger partial charge in [0, 0.05) is 22.4 Å². The minimum Gasteiger partial charge on any atom is -0.478 e. The van der Waals surface area contributed by atoms with Crippen LogP contribution < -0.4 is 5.32 Å². The van der Waals surface area contributed by atoms with Crippen molar-refractivity contribution in [1.29, 1.82) is 0 Å². The van der Waals surface area contributed by atoms with E-state index in [0.29, 0.717) is 10.7 Å². The van der Waals surface area contributed by atoms with Crippen LogP contribution in [0.3, 0.4) is 0 Å². The fourth-order valence-corrected chi connectivity index (χ4v) is 3.23. The van der Waals surface area contributed by atoms with Crippen LogP contribution in [0, 0.1) is 5.92 Å². The van der Waals surface area contributed by atoms with E-state index in [0.717, 1.165) is 17.9 Å². The smallest absolute Gasteiger partial charge is 0.335 e. The Kier molecular flexibility index (Phi) is 4.14. The summed E-state index contributed by atoms with van der Waals surface area (Å²) in [6, 6.07) is 4.31. The molecule has 0 saturated carbocycles. The molecule has 2 N–H and O–H groups in total. The van der Waals surface area contributed by atoms with Crippen molar-refractivity contribution in [2.45, 2.75) is 6.42 Å². The molecule has 1 atom stereocenters. The number of rotatable bonds is 3. The zero-order chi connectivity index (χ0) is 13.1. The average molecular weight is 286 g/mol. The monoisotopic (exact) mass is 285 g/mol. The molecule has 1 aromatic rings. The van der Waals surface area contributed by atoms with Crippen molar-refractivity contribution in [1.82, 2.24) is 0 Å². The number of hydrogen-bond donors (Lipinski definition) is 2. The maximum Gasteiger partial charge on any atom is 0.335 e. The fourth-order valence-electron chi connectivity index (χ4n) is 1.77. The van der Waals surface area contributed by atoms with Crippen molar-refractivity contribution in [3.8, 4) is 0 Å². The molecule has 1 saturated heterocycles. The summed E-state index contributed by atoms with van der Waals surface area (Å²) in [5, 5.41) is 11.9. The zero-order valence-corrected chi connectivity index (χ0v) is 11.1. The predicted molar refractivity (Wildman–Crippen MR) is 72.5 cm³/mol. The molecule has 1 aliphatic heterocycles. The van der Waals surface area contributed by atoms with Gasteiger partial charge in [0.05, 0.1) is 5.56 Å². The molecule has 0 bridgehead atoms. The van der Waals surface area contributed by atoms with Gasteiger partial charge in [-0.2, -0.15) is 11.8 Å². The lowest BCUT2D eigenvalue weighted by Gasteiger charge is -2.10. The molecule has 1 unspecified atom stereocenters. The molecule has 1 heterocycles. The minimum atomic E-state index is -1.07. The number of carboxylic acid groups (broad SMARTS) is 1. The Bertz CT molecular complexity index is 486. The van der Waals surface area contributed by atoms with Crippen molar-refractivity contribution >= 4 is 40.9 Å². The molecular weight excluding hydrogens is 274 g/mol. The number of benzene rings is 1. The summed E-state index contributed by atoms with van der Waals surface area (Å²) >= 11 is 7.57. The van der Waals surface area contributed by atoms with Gasteiger partial charge in [0.1, 0.15) is 0 Å². The summed E-state index contributed by atoms with van der Waals surface area (Å²) in [7, 11) is 0. The Morgan fingerprint density at radius 3 is 2.78 bits per heavy atom. The summed E-state index contributed by atoms with van der Waals surface area (Å²) in [5.74, 6) is 0.678. The van der Waals surface area contributed by atoms with E-state index < -0.39 is 5.97 Å². The number of hydrogen-bond acceptors (Lipinski definition) is 3. The highest BCUT2D eigenvalue weighted by molar-refractivity contribution is 7.99. The van der Waals surface area contributed by atoms with Gasteiger partial charge in [0.15, 0.2) is 0 Å². The number of anilines is 1. The lowest BCUT2D eigenvalue weighted by molar-refractivity contribution is -0.119. The number of carboxylic acids is 1. The SMILES string of the molecule is O=C(O)c1cc(Cl)cc(NC(=O)C2CCSC2)c1. The van der Waals surface area contributed by atoms with Gasteiger partial charge < -0.3 is 10.4 Å². The molecule has 0 aliphatic carbocycles. The average Bonchev–Trinajstić information content (AvgIpc) is 2.81. The van der Waals surface area contributed by atoms with Crippen LogP contribution >= 0.6 is 23.4 Å². The van der Waals surface area contributed by atoms with Crippen LogP contribution in [0.25, 0.3) is 0 Å². The second kappa shape index (κ2) is 5.63. The summed E-state index contributed by atoms with van der Waals surface area (Å²) in [6.07, 6.45) is 0.864. The molecule has 2 rings (SSSR count). The first kappa shape index (κ1) is 13.2. The molecule has 1 amide bonds. The molecule has 1 aromatic carbocycles. The number of aromatic carboxylic acids is 1. The number of halogens is 1. The van der Waals surface area contributed by atoms with Crippen molar-refractivity contribution in [3.05, 3.63) is 28.8 Å². The first-order valence-electron chi connectivity index (χ1n) is 5.49. The third kappa shape index (κ3) is 3.17. The summed E-state index contributed by atoms with van der Waals surface area (Å²) in [4.78, 5) is 22.8. The normalized spacial score (nSPS) is 18.6. The second-order valence-electron chi connectivity index (χ2n) is 4.08. The third-order valence-corrected chi connectivity index (χ3v) is 4.09. The van der Waals surface area contributed by atoms with Gasteiger partial charge in [-0.15, -0.1) is 0 Å². The Hall–Kier alpha value is -1.20. The standard InChI is InChI=1S/C12H12ClNO3S/c13-9-3-8(12(16)17)4-10(5-9)14-11(15)7-1-2-18-6-7/h3-5,7H,1-2,6H2,(H,14,15)(H,16,17). The topological polar surface area (TPSA) is 66.4 Å². The number of thioether (sulfide) groups is 1. The maximum atomic E-state index is 11.9.